The molecule has 2 N–H and O–H groups in total. The number of carbonyl (C=O) groups is 4. The predicted molar refractivity (Wildman–Crippen MR) is 177 cm³/mol. The Morgan fingerprint density at radius 3 is 2.56 bits per heavy atom. The molecule has 4 aliphatic rings. The first-order chi connectivity index (χ1) is 22.9. The van der Waals surface area contributed by atoms with Crippen molar-refractivity contribution in [1.29, 1.82) is 0 Å². The molecule has 48 heavy (non-hydrogen) atoms. The fourth-order valence-electron chi connectivity index (χ4n) is 8.69. The first-order valence-electron chi connectivity index (χ1n) is 15.6. The van der Waals surface area contributed by atoms with Crippen molar-refractivity contribution >= 4 is 62.5 Å². The second-order valence-corrected chi connectivity index (χ2v) is 14.8. The van der Waals surface area contributed by atoms with E-state index in [9.17, 15) is 29.5 Å². The minimum Gasteiger partial charge on any atom is -0.504 e. The van der Waals surface area contributed by atoms with Crippen molar-refractivity contribution in [3.63, 3.8) is 0 Å². The van der Waals surface area contributed by atoms with E-state index in [1.807, 2.05) is 31.2 Å². The van der Waals surface area contributed by atoms with Crippen molar-refractivity contribution in [2.45, 2.75) is 32.6 Å². The number of aromatic hydroxyl groups is 1. The Bertz CT molecular complexity index is 2150. The highest BCUT2D eigenvalue weighted by atomic mass is 35.5. The smallest absolute Gasteiger partial charge is 0.257 e. The molecule has 11 nitrogen and oxygen atoms in total. The Balaban J connectivity index is 1.26. The maximum absolute atomic E-state index is 14.9. The maximum atomic E-state index is 14.9. The molecular weight excluding hydrogens is 656 g/mol. The third kappa shape index (κ3) is 3.99. The summed E-state index contributed by atoms with van der Waals surface area (Å²) < 4.78 is 7.99. The van der Waals surface area contributed by atoms with Crippen LogP contribution in [0.4, 0.5) is 5.82 Å². The normalized spacial score (nSPS) is 28.2. The van der Waals surface area contributed by atoms with Crippen LogP contribution in [0.15, 0.2) is 54.1 Å². The maximum Gasteiger partial charge on any atom is 0.257 e. The summed E-state index contributed by atoms with van der Waals surface area (Å²) in [5.41, 5.74) is 1.68. The lowest BCUT2D eigenvalue weighted by Crippen LogP contribution is -2.48. The Labute approximate surface area is 283 Å². The highest BCUT2D eigenvalue weighted by Crippen LogP contribution is 2.64. The van der Waals surface area contributed by atoms with Crippen LogP contribution in [-0.4, -0.2) is 55.9 Å². The van der Waals surface area contributed by atoms with Gasteiger partial charge in [-0.15, -0.1) is 11.3 Å². The summed E-state index contributed by atoms with van der Waals surface area (Å²) in [7, 11) is 3.12. The molecule has 3 fully saturated rings. The van der Waals surface area contributed by atoms with Crippen LogP contribution in [0.5, 0.6) is 11.5 Å². The molecular formula is C35H31ClN4O7S. The van der Waals surface area contributed by atoms with Crippen LogP contribution in [0.1, 0.15) is 36.8 Å². The highest BCUT2D eigenvalue weighted by molar-refractivity contribution is 7.22. The van der Waals surface area contributed by atoms with Crippen molar-refractivity contribution in [2.24, 2.45) is 36.1 Å². The summed E-state index contributed by atoms with van der Waals surface area (Å²) in [5, 5.41) is 27.3. The zero-order valence-corrected chi connectivity index (χ0v) is 28.0. The lowest BCUT2D eigenvalue weighted by atomic mass is 9.51. The van der Waals surface area contributed by atoms with E-state index in [0.717, 1.165) is 26.1 Å². The Kier molecular flexibility index (Phi) is 6.73. The molecule has 2 aliphatic heterocycles. The van der Waals surface area contributed by atoms with E-state index >= 15 is 0 Å². The number of amides is 4. The number of nitrogens with zero attached hydrogens (tertiary/aromatic N) is 4. The summed E-state index contributed by atoms with van der Waals surface area (Å²) in [6.07, 6.45) is 2.24. The molecule has 8 rings (SSSR count). The molecule has 2 saturated heterocycles. The average molecular weight is 687 g/mol. The second-order valence-electron chi connectivity index (χ2n) is 13.3. The van der Waals surface area contributed by atoms with Gasteiger partial charge in [-0.2, -0.15) is 10.2 Å². The summed E-state index contributed by atoms with van der Waals surface area (Å²) in [6.45, 7) is 3.77. The number of hydrogen-bond donors (Lipinski definition) is 2. The number of ether oxygens (including phenoxy) is 1. The van der Waals surface area contributed by atoms with E-state index in [-0.39, 0.29) is 29.4 Å². The van der Waals surface area contributed by atoms with Crippen LogP contribution < -0.4 is 9.64 Å². The first kappa shape index (κ1) is 30.8. The third-order valence-corrected chi connectivity index (χ3v) is 12.5. The van der Waals surface area contributed by atoms with E-state index in [4.69, 9.17) is 21.4 Å². The Hall–Kier alpha value is -4.52. The van der Waals surface area contributed by atoms with Gasteiger partial charge in [0.2, 0.25) is 11.8 Å². The molecule has 4 amide bonds. The fourth-order valence-corrected chi connectivity index (χ4v) is 10.0. The summed E-state index contributed by atoms with van der Waals surface area (Å²) in [4.78, 5) is 57.7. The second kappa shape index (κ2) is 10.5. The van der Waals surface area contributed by atoms with Crippen molar-refractivity contribution in [2.75, 3.05) is 12.0 Å². The molecule has 2 aromatic carbocycles. The van der Waals surface area contributed by atoms with Crippen LogP contribution in [0, 0.1) is 36.0 Å². The molecule has 6 atom stereocenters. The van der Waals surface area contributed by atoms with Gasteiger partial charge >= 0.3 is 0 Å². The summed E-state index contributed by atoms with van der Waals surface area (Å²) in [6, 6.07) is 12.3. The van der Waals surface area contributed by atoms with Gasteiger partial charge in [-0.05, 0) is 79.5 Å². The van der Waals surface area contributed by atoms with Gasteiger partial charge in [0.15, 0.2) is 11.5 Å². The molecule has 0 unspecified atom stereocenters. The quantitative estimate of drug-likeness (QED) is 0.161. The molecule has 4 aromatic rings. The van der Waals surface area contributed by atoms with Gasteiger partial charge < -0.3 is 9.84 Å². The van der Waals surface area contributed by atoms with Gasteiger partial charge in [0.25, 0.3) is 11.8 Å². The number of fused-ring (bicyclic) bond motifs is 5. The number of carbonyl (C=O) groups excluding carboxylic acids is 4. The van der Waals surface area contributed by atoms with Crippen LogP contribution in [0.25, 0.3) is 20.7 Å². The van der Waals surface area contributed by atoms with Crippen molar-refractivity contribution in [3.05, 3.63) is 70.3 Å². The third-order valence-electron chi connectivity index (χ3n) is 11.0. The van der Waals surface area contributed by atoms with Gasteiger partial charge in [0, 0.05) is 28.8 Å². The number of thiophene rings is 1. The average Bonchev–Trinajstić information content (AvgIpc) is 3.72. The number of phenols is 1. The van der Waals surface area contributed by atoms with Gasteiger partial charge in [0.05, 0.1) is 35.2 Å². The Morgan fingerprint density at radius 2 is 1.81 bits per heavy atom. The van der Waals surface area contributed by atoms with E-state index in [2.05, 4.69) is 0 Å². The number of aromatic nitrogens is 2. The van der Waals surface area contributed by atoms with Gasteiger partial charge in [-0.3, -0.25) is 29.1 Å². The standard InChI is InChI=1S/C35H31ClN4O7S/c1-15-20-12-17(36)6-10-26(20)48-30(15)23-14-27(38(3)37-23)39-32(43)22-13-21-18(7-8-19-28(21)33(44)40(46)31(19)42)29(35(22,2)34(39)45)16-5-9-24(41)25(11-16)47-4/h5-7,9-12,14,19,21-22,28-29,41,46H,8,13H2,1-4H3/t19-,21+,22-,28-,29-,35+/m0/s1. The van der Waals surface area contributed by atoms with E-state index in [1.54, 1.807) is 43.5 Å². The lowest BCUT2D eigenvalue weighted by molar-refractivity contribution is -0.173. The monoisotopic (exact) mass is 686 g/mol. The summed E-state index contributed by atoms with van der Waals surface area (Å²) in [5.74, 6) is -5.52. The Morgan fingerprint density at radius 1 is 1.04 bits per heavy atom. The number of hydrogen-bond acceptors (Lipinski definition) is 9. The number of halogens is 1. The molecule has 0 radical (unpaired) electrons. The molecule has 246 valence electrons. The number of benzene rings is 2. The SMILES string of the molecule is COc1cc([C@H]2C3=CC[C@@H]4C(=O)N(O)C(=O)[C@@H]4[C@@H]3C[C@H]3C(=O)N(c4cc(-c5sc6ccc(Cl)cc6c5C)nn4C)C(=O)[C@@]23C)ccc1O. The number of phenolic OH excluding ortho intramolecular Hbond substituents is 1. The van der Waals surface area contributed by atoms with Crippen molar-refractivity contribution in [3.8, 4) is 22.1 Å². The molecule has 2 aliphatic carbocycles. The molecule has 1 saturated carbocycles. The number of rotatable bonds is 4. The number of methoxy groups -OCH3 is 1. The number of imide groups is 2. The van der Waals surface area contributed by atoms with Crippen LogP contribution >= 0.6 is 22.9 Å². The number of anilines is 1. The van der Waals surface area contributed by atoms with Gasteiger partial charge in [-0.25, -0.2) is 4.90 Å². The van der Waals surface area contributed by atoms with Crippen molar-refractivity contribution < 1.29 is 34.2 Å². The minimum absolute atomic E-state index is 0.0860. The topological polar surface area (TPSA) is 142 Å². The van der Waals surface area contributed by atoms with Gasteiger partial charge in [0.1, 0.15) is 11.5 Å². The van der Waals surface area contributed by atoms with Gasteiger partial charge in [-0.1, -0.05) is 29.3 Å². The van der Waals surface area contributed by atoms with Crippen LogP contribution in [-0.2, 0) is 26.2 Å². The lowest BCUT2D eigenvalue weighted by Gasteiger charge is -2.49. The predicted octanol–water partition coefficient (Wildman–Crippen LogP) is 5.60. The molecule has 13 heteroatoms. The number of hydroxylamine groups is 2. The highest BCUT2D eigenvalue weighted by Gasteiger charge is 2.68. The zero-order valence-electron chi connectivity index (χ0n) is 26.4. The molecule has 4 heterocycles. The first-order valence-corrected chi connectivity index (χ1v) is 16.8. The fraction of sp³-hybridized carbons (Fsp3) is 0.343. The molecule has 0 spiro atoms. The minimum atomic E-state index is -1.30. The molecule has 2 aromatic heterocycles. The molecule has 0 bridgehead atoms. The zero-order chi connectivity index (χ0) is 34.0. The summed E-state index contributed by atoms with van der Waals surface area (Å²) >= 11 is 7.82. The van der Waals surface area contributed by atoms with E-state index in [0.29, 0.717) is 22.1 Å². The van der Waals surface area contributed by atoms with Crippen LogP contribution in [0.2, 0.25) is 5.02 Å². The largest absolute Gasteiger partial charge is 0.504 e. The van der Waals surface area contributed by atoms with E-state index < -0.39 is 58.6 Å². The number of aryl methyl sites for hydroxylation is 2. The number of allylic oxidation sites excluding steroid dienone is 2. The van der Waals surface area contributed by atoms with E-state index in [1.165, 1.54) is 22.8 Å². The van der Waals surface area contributed by atoms with Crippen molar-refractivity contribution in [1.82, 2.24) is 14.8 Å². The van der Waals surface area contributed by atoms with Crippen LogP contribution in [0.3, 0.4) is 0 Å².